The van der Waals surface area contributed by atoms with Crippen molar-refractivity contribution in [3.05, 3.63) is 60.2 Å². The number of nitrogens with one attached hydrogen (secondary N) is 2. The SMILES string of the molecule is O=C1CCC(C(=O)Nc2ccccc2OCCCc2ccccc2)CN1. The summed E-state index contributed by atoms with van der Waals surface area (Å²) >= 11 is 0. The number of anilines is 1. The molecule has 136 valence electrons. The number of hydrogen-bond donors (Lipinski definition) is 2. The van der Waals surface area contributed by atoms with Crippen LogP contribution in [0.5, 0.6) is 5.75 Å². The van der Waals surface area contributed by atoms with Crippen molar-refractivity contribution in [3.8, 4) is 5.75 Å². The predicted octanol–water partition coefficient (Wildman–Crippen LogP) is 3.16. The molecule has 0 aliphatic carbocycles. The number of carbonyl (C=O) groups is 2. The van der Waals surface area contributed by atoms with Crippen LogP contribution in [0.25, 0.3) is 0 Å². The van der Waals surface area contributed by atoms with Crippen molar-refractivity contribution in [1.82, 2.24) is 5.32 Å². The second-order valence-electron chi connectivity index (χ2n) is 6.46. The van der Waals surface area contributed by atoms with E-state index < -0.39 is 0 Å². The van der Waals surface area contributed by atoms with Gasteiger partial charge in [0.2, 0.25) is 11.8 Å². The average Bonchev–Trinajstić information content (AvgIpc) is 2.68. The first-order chi connectivity index (χ1) is 12.7. The summed E-state index contributed by atoms with van der Waals surface area (Å²) in [6.07, 6.45) is 2.84. The molecule has 0 saturated carbocycles. The van der Waals surface area contributed by atoms with Crippen LogP contribution in [0.3, 0.4) is 0 Å². The molecular formula is C21H24N2O3. The van der Waals surface area contributed by atoms with E-state index in [1.165, 1.54) is 5.56 Å². The highest BCUT2D eigenvalue weighted by Gasteiger charge is 2.25. The molecule has 5 heteroatoms. The van der Waals surface area contributed by atoms with Crippen molar-refractivity contribution in [2.75, 3.05) is 18.5 Å². The van der Waals surface area contributed by atoms with Gasteiger partial charge in [-0.25, -0.2) is 0 Å². The number of piperidine rings is 1. The van der Waals surface area contributed by atoms with Gasteiger partial charge >= 0.3 is 0 Å². The van der Waals surface area contributed by atoms with Gasteiger partial charge in [0.1, 0.15) is 5.75 Å². The minimum Gasteiger partial charge on any atom is -0.491 e. The topological polar surface area (TPSA) is 67.4 Å². The normalized spacial score (nSPS) is 16.6. The van der Waals surface area contributed by atoms with E-state index in [0.717, 1.165) is 12.8 Å². The second kappa shape index (κ2) is 9.04. The number of aryl methyl sites for hydroxylation is 1. The fourth-order valence-electron chi connectivity index (χ4n) is 2.99. The van der Waals surface area contributed by atoms with E-state index in [9.17, 15) is 9.59 Å². The summed E-state index contributed by atoms with van der Waals surface area (Å²) in [5.74, 6) is 0.411. The summed E-state index contributed by atoms with van der Waals surface area (Å²) in [5.41, 5.74) is 1.96. The van der Waals surface area contributed by atoms with Crippen molar-refractivity contribution in [2.24, 2.45) is 5.92 Å². The third-order valence-electron chi connectivity index (χ3n) is 4.49. The highest BCUT2D eigenvalue weighted by molar-refractivity contribution is 5.95. The predicted molar refractivity (Wildman–Crippen MR) is 101 cm³/mol. The molecule has 0 radical (unpaired) electrons. The van der Waals surface area contributed by atoms with E-state index in [1.807, 2.05) is 42.5 Å². The largest absolute Gasteiger partial charge is 0.491 e. The summed E-state index contributed by atoms with van der Waals surface area (Å²) in [7, 11) is 0. The molecule has 0 bridgehead atoms. The van der Waals surface area contributed by atoms with Crippen molar-refractivity contribution in [2.45, 2.75) is 25.7 Å². The van der Waals surface area contributed by atoms with E-state index in [1.54, 1.807) is 0 Å². The molecule has 2 N–H and O–H groups in total. The van der Waals surface area contributed by atoms with Crippen LogP contribution in [0, 0.1) is 5.92 Å². The van der Waals surface area contributed by atoms with Gasteiger partial charge < -0.3 is 15.4 Å². The summed E-state index contributed by atoms with van der Waals surface area (Å²) in [4.78, 5) is 23.7. The zero-order valence-electron chi connectivity index (χ0n) is 14.7. The van der Waals surface area contributed by atoms with Gasteiger partial charge in [-0.2, -0.15) is 0 Å². The first-order valence-corrected chi connectivity index (χ1v) is 9.05. The van der Waals surface area contributed by atoms with Gasteiger partial charge in [0, 0.05) is 13.0 Å². The van der Waals surface area contributed by atoms with E-state index >= 15 is 0 Å². The van der Waals surface area contributed by atoms with Gasteiger partial charge in [-0.1, -0.05) is 42.5 Å². The smallest absolute Gasteiger partial charge is 0.229 e. The standard InChI is InChI=1S/C21H24N2O3/c24-20-13-12-17(15-22-20)21(25)23-18-10-4-5-11-19(18)26-14-6-9-16-7-2-1-3-8-16/h1-5,7-8,10-11,17H,6,9,12-15H2,(H,22,24)(H,23,25). The molecule has 2 amide bonds. The van der Waals surface area contributed by atoms with Crippen LogP contribution in [-0.2, 0) is 16.0 Å². The van der Waals surface area contributed by atoms with Crippen molar-refractivity contribution in [1.29, 1.82) is 0 Å². The minimum absolute atomic E-state index is 0.0104. The molecule has 1 saturated heterocycles. The highest BCUT2D eigenvalue weighted by Crippen LogP contribution is 2.25. The number of ether oxygens (including phenoxy) is 1. The molecule has 26 heavy (non-hydrogen) atoms. The summed E-state index contributed by atoms with van der Waals surface area (Å²) in [6.45, 7) is 0.978. The first kappa shape index (κ1) is 18.0. The molecule has 2 aromatic rings. The van der Waals surface area contributed by atoms with Crippen LogP contribution in [0.4, 0.5) is 5.69 Å². The molecule has 0 aromatic heterocycles. The quantitative estimate of drug-likeness (QED) is 0.752. The molecule has 5 nitrogen and oxygen atoms in total. The molecule has 1 heterocycles. The Bertz CT molecular complexity index is 736. The van der Waals surface area contributed by atoms with Crippen LogP contribution >= 0.6 is 0 Å². The molecule has 3 rings (SSSR count). The summed E-state index contributed by atoms with van der Waals surface area (Å²) in [5, 5.41) is 5.68. The average molecular weight is 352 g/mol. The Kier molecular flexibility index (Phi) is 6.25. The lowest BCUT2D eigenvalue weighted by Crippen LogP contribution is -2.40. The summed E-state index contributed by atoms with van der Waals surface area (Å²) < 4.78 is 5.88. The van der Waals surface area contributed by atoms with Gasteiger partial charge in [0.15, 0.2) is 0 Å². The van der Waals surface area contributed by atoms with E-state index in [2.05, 4.69) is 22.8 Å². The van der Waals surface area contributed by atoms with Crippen molar-refractivity contribution < 1.29 is 14.3 Å². The van der Waals surface area contributed by atoms with Crippen LogP contribution in [-0.4, -0.2) is 25.0 Å². The van der Waals surface area contributed by atoms with Crippen molar-refractivity contribution in [3.63, 3.8) is 0 Å². The minimum atomic E-state index is -0.196. The maximum atomic E-state index is 12.4. The maximum absolute atomic E-state index is 12.4. The first-order valence-electron chi connectivity index (χ1n) is 9.05. The lowest BCUT2D eigenvalue weighted by molar-refractivity contribution is -0.126. The van der Waals surface area contributed by atoms with Gasteiger partial charge in [0.25, 0.3) is 0 Å². The van der Waals surface area contributed by atoms with Crippen LogP contribution < -0.4 is 15.4 Å². The monoisotopic (exact) mass is 352 g/mol. The molecule has 1 aliphatic heterocycles. The fraction of sp³-hybridized carbons (Fsp3) is 0.333. The van der Waals surface area contributed by atoms with E-state index in [4.69, 9.17) is 4.74 Å². The molecule has 1 fully saturated rings. The van der Waals surface area contributed by atoms with Crippen LogP contribution in [0.2, 0.25) is 0 Å². The number of carbonyl (C=O) groups excluding carboxylic acids is 2. The third-order valence-corrected chi connectivity index (χ3v) is 4.49. The lowest BCUT2D eigenvalue weighted by Gasteiger charge is -2.22. The van der Waals surface area contributed by atoms with Gasteiger partial charge in [-0.05, 0) is 37.0 Å². The van der Waals surface area contributed by atoms with Crippen LogP contribution in [0.15, 0.2) is 54.6 Å². The number of rotatable bonds is 7. The second-order valence-corrected chi connectivity index (χ2v) is 6.46. The van der Waals surface area contributed by atoms with Gasteiger partial charge in [-0.15, -0.1) is 0 Å². The summed E-state index contributed by atoms with van der Waals surface area (Å²) in [6, 6.07) is 17.8. The Morgan fingerprint density at radius 2 is 1.88 bits per heavy atom. The molecule has 2 aromatic carbocycles. The molecule has 0 spiro atoms. The maximum Gasteiger partial charge on any atom is 0.229 e. The molecule has 1 unspecified atom stereocenters. The van der Waals surface area contributed by atoms with Crippen molar-refractivity contribution >= 4 is 17.5 Å². The number of benzene rings is 2. The Hall–Kier alpha value is -2.82. The van der Waals surface area contributed by atoms with Crippen LogP contribution in [0.1, 0.15) is 24.8 Å². The zero-order valence-corrected chi connectivity index (χ0v) is 14.7. The number of para-hydroxylation sites is 2. The number of hydrogen-bond acceptors (Lipinski definition) is 3. The molecular weight excluding hydrogens is 328 g/mol. The Balaban J connectivity index is 1.51. The lowest BCUT2D eigenvalue weighted by atomic mass is 9.98. The Morgan fingerprint density at radius 1 is 1.12 bits per heavy atom. The van der Waals surface area contributed by atoms with E-state index in [0.29, 0.717) is 37.4 Å². The Labute approximate surface area is 153 Å². The molecule has 1 atom stereocenters. The van der Waals surface area contributed by atoms with Gasteiger partial charge in [-0.3, -0.25) is 9.59 Å². The van der Waals surface area contributed by atoms with E-state index in [-0.39, 0.29) is 17.7 Å². The third kappa shape index (κ3) is 5.09. The molecule has 1 aliphatic rings. The number of amides is 2. The van der Waals surface area contributed by atoms with Gasteiger partial charge in [0.05, 0.1) is 18.2 Å². The zero-order chi connectivity index (χ0) is 18.2. The highest BCUT2D eigenvalue weighted by atomic mass is 16.5. The fourth-order valence-corrected chi connectivity index (χ4v) is 2.99. The Morgan fingerprint density at radius 3 is 2.65 bits per heavy atom.